The van der Waals surface area contributed by atoms with Gasteiger partial charge < -0.3 is 9.84 Å². The summed E-state index contributed by atoms with van der Waals surface area (Å²) in [5.41, 5.74) is 1.93. The Balaban J connectivity index is 2.38. The number of benzene rings is 1. The highest BCUT2D eigenvalue weighted by Gasteiger charge is 2.41. The molecule has 2 rings (SSSR count). The minimum Gasteiger partial charge on any atom is -0.496 e. The van der Waals surface area contributed by atoms with Crippen molar-refractivity contribution < 1.29 is 9.84 Å². The van der Waals surface area contributed by atoms with Gasteiger partial charge in [0.05, 0.1) is 12.7 Å². The molecule has 1 saturated carbocycles. The van der Waals surface area contributed by atoms with Crippen molar-refractivity contribution in [2.45, 2.75) is 51.0 Å². The van der Waals surface area contributed by atoms with E-state index in [1.807, 2.05) is 0 Å². The summed E-state index contributed by atoms with van der Waals surface area (Å²) in [6.07, 6.45) is 2.53. The van der Waals surface area contributed by atoms with Gasteiger partial charge in [-0.25, -0.2) is 0 Å². The van der Waals surface area contributed by atoms with Gasteiger partial charge in [-0.05, 0) is 29.4 Å². The van der Waals surface area contributed by atoms with Crippen LogP contribution in [-0.2, 0) is 11.8 Å². The summed E-state index contributed by atoms with van der Waals surface area (Å²) in [5.74, 6) is 0.945. The topological polar surface area (TPSA) is 29.5 Å². The molecule has 17 heavy (non-hydrogen) atoms. The molecule has 1 aliphatic carbocycles. The molecule has 0 amide bonds. The van der Waals surface area contributed by atoms with E-state index in [0.29, 0.717) is 6.42 Å². The van der Waals surface area contributed by atoms with Crippen molar-refractivity contribution >= 4 is 0 Å². The smallest absolute Gasteiger partial charge is 0.125 e. The largest absolute Gasteiger partial charge is 0.496 e. The molecule has 0 aliphatic heterocycles. The van der Waals surface area contributed by atoms with Crippen LogP contribution >= 0.6 is 0 Å². The van der Waals surface area contributed by atoms with Crippen LogP contribution in [-0.4, -0.2) is 17.8 Å². The molecule has 0 aromatic heterocycles. The van der Waals surface area contributed by atoms with Crippen molar-refractivity contribution in [3.05, 3.63) is 29.3 Å². The molecule has 1 aromatic carbocycles. The molecule has 1 aliphatic rings. The fourth-order valence-electron chi connectivity index (χ4n) is 2.23. The Morgan fingerprint density at radius 1 is 1.29 bits per heavy atom. The maximum atomic E-state index is 10.0. The first-order chi connectivity index (χ1) is 7.86. The molecule has 1 fully saturated rings. The lowest BCUT2D eigenvalue weighted by atomic mass is 9.84. The number of hydrogen-bond acceptors (Lipinski definition) is 2. The summed E-state index contributed by atoms with van der Waals surface area (Å²) < 4.78 is 5.57. The third-order valence-electron chi connectivity index (χ3n) is 3.46. The normalized spacial score (nSPS) is 17.9. The van der Waals surface area contributed by atoms with E-state index < -0.39 is 5.60 Å². The fraction of sp³-hybridized carbons (Fsp3) is 0.600. The zero-order valence-electron chi connectivity index (χ0n) is 11.2. The van der Waals surface area contributed by atoms with Gasteiger partial charge in [0, 0.05) is 6.42 Å². The van der Waals surface area contributed by atoms with Crippen LogP contribution in [0.3, 0.4) is 0 Å². The van der Waals surface area contributed by atoms with Gasteiger partial charge in [-0.1, -0.05) is 39.0 Å². The molecular formula is C15H22O2. The molecule has 0 heterocycles. The molecule has 0 atom stereocenters. The van der Waals surface area contributed by atoms with Gasteiger partial charge in [-0.2, -0.15) is 0 Å². The van der Waals surface area contributed by atoms with E-state index in [9.17, 15) is 5.11 Å². The maximum Gasteiger partial charge on any atom is 0.125 e. The molecular weight excluding hydrogens is 212 g/mol. The van der Waals surface area contributed by atoms with Crippen LogP contribution in [0.25, 0.3) is 0 Å². The number of rotatable bonds is 3. The van der Waals surface area contributed by atoms with Gasteiger partial charge in [0.1, 0.15) is 5.75 Å². The molecule has 0 unspecified atom stereocenters. The van der Waals surface area contributed by atoms with Gasteiger partial charge in [0.2, 0.25) is 0 Å². The van der Waals surface area contributed by atoms with E-state index in [4.69, 9.17) is 4.74 Å². The van der Waals surface area contributed by atoms with Crippen molar-refractivity contribution in [2.24, 2.45) is 0 Å². The Morgan fingerprint density at radius 3 is 2.41 bits per heavy atom. The van der Waals surface area contributed by atoms with E-state index in [1.165, 1.54) is 5.56 Å². The maximum absolute atomic E-state index is 10.0. The summed E-state index contributed by atoms with van der Waals surface area (Å²) in [6.45, 7) is 6.54. The van der Waals surface area contributed by atoms with Crippen LogP contribution in [0, 0.1) is 0 Å². The molecule has 0 bridgehead atoms. The zero-order valence-corrected chi connectivity index (χ0v) is 11.2. The summed E-state index contributed by atoms with van der Waals surface area (Å²) in [4.78, 5) is 0. The van der Waals surface area contributed by atoms with E-state index in [1.54, 1.807) is 7.11 Å². The van der Waals surface area contributed by atoms with Crippen molar-refractivity contribution in [2.75, 3.05) is 7.11 Å². The Kier molecular flexibility index (Phi) is 2.94. The Labute approximate surface area is 104 Å². The Morgan fingerprint density at radius 2 is 1.94 bits per heavy atom. The standard InChI is InChI=1S/C15H22O2/c1-14(2,3)12-7-5-6-11(13(12)17-4)10-15(16)8-9-15/h5-7,16H,8-10H2,1-4H3. The zero-order chi connectivity index (χ0) is 12.7. The Hall–Kier alpha value is -1.02. The lowest BCUT2D eigenvalue weighted by Gasteiger charge is -2.24. The molecule has 0 saturated heterocycles. The fourth-order valence-corrected chi connectivity index (χ4v) is 2.23. The van der Waals surface area contributed by atoms with E-state index >= 15 is 0 Å². The minimum absolute atomic E-state index is 0.0630. The predicted octanol–water partition coefficient (Wildman–Crippen LogP) is 3.06. The van der Waals surface area contributed by atoms with E-state index in [2.05, 4.69) is 39.0 Å². The van der Waals surface area contributed by atoms with Crippen LogP contribution in [0.2, 0.25) is 0 Å². The first-order valence-electron chi connectivity index (χ1n) is 6.24. The van der Waals surface area contributed by atoms with E-state index in [-0.39, 0.29) is 5.41 Å². The molecule has 0 spiro atoms. The second kappa shape index (κ2) is 4.02. The highest BCUT2D eigenvalue weighted by Crippen LogP contribution is 2.42. The quantitative estimate of drug-likeness (QED) is 0.871. The van der Waals surface area contributed by atoms with Gasteiger partial charge in [0.25, 0.3) is 0 Å². The van der Waals surface area contributed by atoms with Crippen LogP contribution in [0.1, 0.15) is 44.7 Å². The summed E-state index contributed by atoms with van der Waals surface area (Å²) in [5, 5.41) is 10.0. The molecule has 0 radical (unpaired) electrons. The molecule has 2 heteroatoms. The van der Waals surface area contributed by atoms with Crippen LogP contribution in [0.4, 0.5) is 0 Å². The monoisotopic (exact) mass is 234 g/mol. The minimum atomic E-state index is -0.468. The average Bonchev–Trinajstić information content (AvgIpc) is 2.94. The van der Waals surface area contributed by atoms with Crippen molar-refractivity contribution in [1.82, 2.24) is 0 Å². The average molecular weight is 234 g/mol. The summed E-state index contributed by atoms with van der Waals surface area (Å²) in [7, 11) is 1.71. The second-order valence-electron chi connectivity index (χ2n) is 6.15. The van der Waals surface area contributed by atoms with Crippen LogP contribution < -0.4 is 4.74 Å². The van der Waals surface area contributed by atoms with Gasteiger partial charge in [0.15, 0.2) is 0 Å². The number of aliphatic hydroxyl groups is 1. The number of hydrogen-bond donors (Lipinski definition) is 1. The number of methoxy groups -OCH3 is 1. The van der Waals surface area contributed by atoms with E-state index in [0.717, 1.165) is 24.2 Å². The van der Waals surface area contributed by atoms with Crippen LogP contribution in [0.15, 0.2) is 18.2 Å². The van der Waals surface area contributed by atoms with Crippen molar-refractivity contribution in [3.63, 3.8) is 0 Å². The van der Waals surface area contributed by atoms with Crippen LogP contribution in [0.5, 0.6) is 5.75 Å². The third-order valence-corrected chi connectivity index (χ3v) is 3.46. The lowest BCUT2D eigenvalue weighted by Crippen LogP contribution is -2.16. The molecule has 94 valence electrons. The SMILES string of the molecule is COc1c(CC2(O)CC2)cccc1C(C)(C)C. The van der Waals surface area contributed by atoms with Crippen molar-refractivity contribution in [1.29, 1.82) is 0 Å². The third kappa shape index (κ3) is 2.63. The second-order valence-corrected chi connectivity index (χ2v) is 6.15. The van der Waals surface area contributed by atoms with Crippen molar-refractivity contribution in [3.8, 4) is 5.75 Å². The molecule has 1 aromatic rings. The van der Waals surface area contributed by atoms with Gasteiger partial charge in [-0.3, -0.25) is 0 Å². The lowest BCUT2D eigenvalue weighted by molar-refractivity contribution is 0.150. The molecule has 2 nitrogen and oxygen atoms in total. The Bertz CT molecular complexity index is 411. The summed E-state index contributed by atoms with van der Waals surface area (Å²) >= 11 is 0. The first-order valence-corrected chi connectivity index (χ1v) is 6.24. The van der Waals surface area contributed by atoms with Gasteiger partial charge in [-0.15, -0.1) is 0 Å². The highest BCUT2D eigenvalue weighted by molar-refractivity contribution is 5.46. The first kappa shape index (κ1) is 12.4. The van der Waals surface area contributed by atoms with Gasteiger partial charge >= 0.3 is 0 Å². The predicted molar refractivity (Wildman–Crippen MR) is 69.6 cm³/mol. The molecule has 1 N–H and O–H groups in total. The highest BCUT2D eigenvalue weighted by atomic mass is 16.5. The summed E-state index contributed by atoms with van der Waals surface area (Å²) in [6, 6.07) is 6.23. The number of ether oxygens (including phenoxy) is 1. The number of para-hydroxylation sites is 1.